The summed E-state index contributed by atoms with van der Waals surface area (Å²) in [5.74, 6) is 0.0142. The third-order valence-corrected chi connectivity index (χ3v) is 10.5. The summed E-state index contributed by atoms with van der Waals surface area (Å²) in [5.41, 5.74) is 5.36. The van der Waals surface area contributed by atoms with Gasteiger partial charge in [0.05, 0.1) is 26.7 Å². The highest BCUT2D eigenvalue weighted by molar-refractivity contribution is 6.44. The first kappa shape index (κ1) is 31.6. The number of fused-ring (bicyclic) bond motifs is 7. The molecule has 8 aromatic carbocycles. The molecule has 0 atom stereocenters. The zero-order valence-electron chi connectivity index (χ0n) is 28.4. The fourth-order valence-corrected chi connectivity index (χ4v) is 7.89. The minimum absolute atomic E-state index is 0.0142. The molecule has 2 aromatic heterocycles. The lowest BCUT2D eigenvalue weighted by molar-refractivity contribution is -0.100. The molecule has 244 valence electrons. The van der Waals surface area contributed by atoms with Gasteiger partial charge in [0.2, 0.25) is 0 Å². The van der Waals surface area contributed by atoms with Crippen molar-refractivity contribution in [1.82, 2.24) is 9.55 Å². The molecule has 0 amide bonds. The van der Waals surface area contributed by atoms with Crippen LogP contribution in [0, 0.1) is 0 Å². The molecule has 2 N–H and O–H groups in total. The zero-order chi connectivity index (χ0) is 36.1. The van der Waals surface area contributed by atoms with Gasteiger partial charge in [0.15, 0.2) is 7.85 Å². The molecule has 10 rings (SSSR count). The Labute approximate surface area is 308 Å². The summed E-state index contributed by atoms with van der Waals surface area (Å²) in [6.45, 7) is 0. The van der Waals surface area contributed by atoms with Crippen LogP contribution in [-0.2, 0) is 5.21 Å². The van der Waals surface area contributed by atoms with Crippen molar-refractivity contribution in [2.45, 2.75) is 10.9 Å². The molecule has 53 heavy (non-hydrogen) atoms. The molecule has 0 bridgehead atoms. The Balaban J connectivity index is 1.16. The highest BCUT2D eigenvalue weighted by Crippen LogP contribution is 2.45. The van der Waals surface area contributed by atoms with Crippen LogP contribution in [0.4, 0.5) is 0 Å². The Bertz CT molecular complexity index is 3050. The van der Waals surface area contributed by atoms with Crippen molar-refractivity contribution in [3.05, 3.63) is 157 Å². The van der Waals surface area contributed by atoms with Crippen molar-refractivity contribution in [3.63, 3.8) is 0 Å². The maximum absolute atomic E-state index is 10.3. The van der Waals surface area contributed by atoms with Gasteiger partial charge in [0, 0.05) is 16.5 Å². The molecule has 6 radical (unpaired) electrons. The topological polar surface area (TPSA) is 71.4 Å². The van der Waals surface area contributed by atoms with E-state index in [1.807, 2.05) is 60.7 Å². The van der Waals surface area contributed by atoms with Crippen LogP contribution in [-0.4, -0.2) is 49.0 Å². The van der Waals surface area contributed by atoms with Gasteiger partial charge < -0.3 is 14.6 Å². The van der Waals surface area contributed by atoms with E-state index in [1.54, 1.807) is 4.57 Å². The standard InChI is InChI=1S/C45H27B3N2O3/c46-44(47,45(48,51)52)43-49-37-14-6-7-15-38(37)50(43)30-21-19-26-23-28(18-17-27(26)24-30)41-32-10-1-3-12-34(32)42(35-13-4-2-11-33(35)41)29-20-22-40-36(25-29)31-9-5-8-16-39(31)53-40/h1-25,51-52H. The van der Waals surface area contributed by atoms with Gasteiger partial charge in [-0.05, 0) is 108 Å². The summed E-state index contributed by atoms with van der Waals surface area (Å²) in [4.78, 5) is 4.58. The van der Waals surface area contributed by atoms with Gasteiger partial charge in [-0.1, -0.05) is 103 Å². The number of imidazole rings is 1. The number of benzene rings is 8. The number of rotatable bonds is 5. The molecule has 5 nitrogen and oxygen atoms in total. The Morgan fingerprint density at radius 2 is 1.04 bits per heavy atom. The quantitative estimate of drug-likeness (QED) is 0.109. The van der Waals surface area contributed by atoms with Crippen molar-refractivity contribution in [3.8, 4) is 27.9 Å². The fraction of sp³-hybridized carbons (Fsp3) is 0.0444. The second kappa shape index (κ2) is 11.5. The molecule has 0 unspecified atom stereocenters. The number of hydrogen-bond acceptors (Lipinski definition) is 4. The molecule has 0 saturated heterocycles. The second-order valence-electron chi connectivity index (χ2n) is 13.8. The average molecular weight is 676 g/mol. The van der Waals surface area contributed by atoms with E-state index in [4.69, 9.17) is 28.0 Å². The largest absolute Gasteiger partial charge is 0.456 e. The van der Waals surface area contributed by atoms with Crippen LogP contribution in [0.3, 0.4) is 0 Å². The Kier molecular flexibility index (Phi) is 6.84. The van der Waals surface area contributed by atoms with Crippen molar-refractivity contribution in [2.24, 2.45) is 0 Å². The molecule has 8 heteroatoms. The number of aromatic nitrogens is 2. The third-order valence-electron chi connectivity index (χ3n) is 10.5. The van der Waals surface area contributed by atoms with Crippen LogP contribution < -0.4 is 0 Å². The van der Waals surface area contributed by atoms with E-state index in [0.29, 0.717) is 16.7 Å². The fourth-order valence-electron chi connectivity index (χ4n) is 7.89. The van der Waals surface area contributed by atoms with E-state index in [-0.39, 0.29) is 5.82 Å². The summed E-state index contributed by atoms with van der Waals surface area (Å²) in [7, 11) is 18.2. The van der Waals surface area contributed by atoms with Crippen LogP contribution in [0.5, 0.6) is 0 Å². The SMILES string of the molecule is [B]C(O)(O)C([B])([B])c1nc2ccccc2n1-c1ccc2cc(-c3c4ccccc4c(-c4ccc5oc6ccccc6c5c4)c4ccccc34)ccc2c1. The predicted octanol–water partition coefficient (Wildman–Crippen LogP) is 9.02. The lowest BCUT2D eigenvalue weighted by Gasteiger charge is -2.37. The minimum atomic E-state index is -2.93. The molecule has 0 aliphatic rings. The maximum Gasteiger partial charge on any atom is 0.152 e. The van der Waals surface area contributed by atoms with Gasteiger partial charge in [0.25, 0.3) is 0 Å². The summed E-state index contributed by atoms with van der Waals surface area (Å²) in [6, 6.07) is 51.8. The van der Waals surface area contributed by atoms with Crippen LogP contribution in [0.15, 0.2) is 156 Å². The molecule has 0 spiro atoms. The van der Waals surface area contributed by atoms with E-state index in [1.165, 1.54) is 16.3 Å². The molecular formula is C45H27B3N2O3. The van der Waals surface area contributed by atoms with E-state index in [2.05, 4.69) is 96.0 Å². The minimum Gasteiger partial charge on any atom is -0.456 e. The molecule has 10 aromatic rings. The molecular weight excluding hydrogens is 649 g/mol. The van der Waals surface area contributed by atoms with Crippen molar-refractivity contribution in [2.75, 3.05) is 0 Å². The van der Waals surface area contributed by atoms with Gasteiger partial charge in [-0.25, -0.2) is 4.98 Å². The second-order valence-corrected chi connectivity index (χ2v) is 13.8. The number of furan rings is 1. The van der Waals surface area contributed by atoms with E-state index >= 15 is 0 Å². The number of para-hydroxylation sites is 3. The Morgan fingerprint density at radius 3 is 1.72 bits per heavy atom. The van der Waals surface area contributed by atoms with E-state index in [9.17, 15) is 10.2 Å². The van der Waals surface area contributed by atoms with Crippen LogP contribution in [0.2, 0.25) is 0 Å². The number of nitrogens with zero attached hydrogens (tertiary/aromatic N) is 2. The Hall–Kier alpha value is -6.08. The summed E-state index contributed by atoms with van der Waals surface area (Å²) >= 11 is 0. The van der Waals surface area contributed by atoms with Crippen molar-refractivity contribution >= 4 is 88.8 Å². The van der Waals surface area contributed by atoms with Crippen molar-refractivity contribution < 1.29 is 14.6 Å². The smallest absolute Gasteiger partial charge is 0.152 e. The lowest BCUT2D eigenvalue weighted by atomic mass is 9.45. The average Bonchev–Trinajstić information content (AvgIpc) is 3.75. The highest BCUT2D eigenvalue weighted by atomic mass is 16.5. The van der Waals surface area contributed by atoms with Gasteiger partial charge in [0.1, 0.15) is 22.7 Å². The van der Waals surface area contributed by atoms with Gasteiger partial charge in [-0.3, -0.25) is 4.57 Å². The lowest BCUT2D eigenvalue weighted by Crippen LogP contribution is -2.54. The molecule has 0 fully saturated rings. The monoisotopic (exact) mass is 676 g/mol. The molecule has 2 heterocycles. The van der Waals surface area contributed by atoms with Gasteiger partial charge >= 0.3 is 0 Å². The third kappa shape index (κ3) is 4.80. The van der Waals surface area contributed by atoms with Gasteiger partial charge in [-0.15, -0.1) is 0 Å². The van der Waals surface area contributed by atoms with E-state index < -0.39 is 10.9 Å². The molecule has 0 aliphatic carbocycles. The first-order valence-electron chi connectivity index (χ1n) is 17.4. The summed E-state index contributed by atoms with van der Waals surface area (Å²) < 4.78 is 7.89. The molecule has 0 saturated carbocycles. The van der Waals surface area contributed by atoms with E-state index in [0.717, 1.165) is 60.2 Å². The van der Waals surface area contributed by atoms with Gasteiger partial charge in [-0.2, -0.15) is 0 Å². The highest BCUT2D eigenvalue weighted by Gasteiger charge is 2.41. The first-order chi connectivity index (χ1) is 25.7. The number of aliphatic hydroxyl groups is 2. The summed E-state index contributed by atoms with van der Waals surface area (Å²) in [6.07, 6.45) is 0. The normalized spacial score (nSPS) is 12.6. The van der Waals surface area contributed by atoms with Crippen LogP contribution in [0.25, 0.3) is 93.2 Å². The number of hydrogen-bond donors (Lipinski definition) is 2. The predicted molar refractivity (Wildman–Crippen MR) is 218 cm³/mol. The Morgan fingerprint density at radius 1 is 0.509 bits per heavy atom. The maximum atomic E-state index is 10.3. The first-order valence-corrected chi connectivity index (χ1v) is 17.4. The van der Waals surface area contributed by atoms with Crippen molar-refractivity contribution in [1.29, 1.82) is 0 Å². The van der Waals surface area contributed by atoms with Crippen LogP contribution in [0.1, 0.15) is 5.82 Å². The zero-order valence-corrected chi connectivity index (χ0v) is 28.4. The summed E-state index contributed by atoms with van der Waals surface area (Å²) in [5, 5.41) is 27.2. The molecule has 0 aliphatic heterocycles. The van der Waals surface area contributed by atoms with Crippen LogP contribution >= 0.6 is 0 Å².